The van der Waals surface area contributed by atoms with Gasteiger partial charge in [-0.05, 0) is 153 Å². The lowest BCUT2D eigenvalue weighted by Crippen LogP contribution is -2.60. The van der Waals surface area contributed by atoms with Gasteiger partial charge in [0, 0.05) is 43.2 Å². The number of fused-ring (bicyclic) bond motifs is 6. The SMILES string of the molecule is Cc1cc(C)cc(-c2cc(C3CCCCC3)ccc2N2c3cccc4c3B(c3ccc(C(C)(C)C)cc3N4c3ccc(-c4ccc(C(C)(C)C)cc4)cc3)c3sc4ccc(C(C)(C)C)cc4c32)c1. The highest BCUT2D eigenvalue weighted by atomic mass is 32.1. The van der Waals surface area contributed by atoms with E-state index in [1.807, 2.05) is 11.3 Å². The molecule has 0 amide bonds. The van der Waals surface area contributed by atoms with Gasteiger partial charge in [-0.15, -0.1) is 11.3 Å². The zero-order valence-electron chi connectivity index (χ0n) is 42.3. The molecule has 0 radical (unpaired) electrons. The van der Waals surface area contributed by atoms with Crippen molar-refractivity contribution >= 4 is 78.0 Å². The van der Waals surface area contributed by atoms with Crippen LogP contribution in [0.15, 0.2) is 140 Å². The van der Waals surface area contributed by atoms with Crippen molar-refractivity contribution in [3.05, 3.63) is 173 Å². The Morgan fingerprint density at radius 2 is 1.09 bits per heavy atom. The molecule has 1 fully saturated rings. The second kappa shape index (κ2) is 16.4. The van der Waals surface area contributed by atoms with Crippen LogP contribution in [0.5, 0.6) is 0 Å². The second-order valence-corrected chi connectivity index (χ2v) is 24.6. The van der Waals surface area contributed by atoms with E-state index >= 15 is 0 Å². The third-order valence-corrected chi connectivity index (χ3v) is 16.6. The molecule has 0 N–H and O–H groups in total. The predicted molar refractivity (Wildman–Crippen MR) is 298 cm³/mol. The number of thiophene rings is 1. The molecule has 7 aromatic carbocycles. The summed E-state index contributed by atoms with van der Waals surface area (Å²) >= 11 is 2.00. The van der Waals surface area contributed by atoms with Crippen molar-refractivity contribution in [2.24, 2.45) is 0 Å². The number of hydrogen-bond acceptors (Lipinski definition) is 3. The Morgan fingerprint density at radius 3 is 1.74 bits per heavy atom. The minimum absolute atomic E-state index is 0.00615. The molecule has 3 heterocycles. The lowest BCUT2D eigenvalue weighted by Gasteiger charge is -2.44. The third kappa shape index (κ3) is 7.72. The summed E-state index contributed by atoms with van der Waals surface area (Å²) in [6, 6.07) is 55.1. The Kier molecular flexibility index (Phi) is 10.8. The quantitative estimate of drug-likeness (QED) is 0.159. The van der Waals surface area contributed by atoms with E-state index in [1.54, 1.807) is 0 Å². The molecule has 11 rings (SSSR count). The summed E-state index contributed by atoms with van der Waals surface area (Å²) in [5, 5.41) is 1.35. The zero-order valence-corrected chi connectivity index (χ0v) is 43.1. The maximum atomic E-state index is 2.70. The van der Waals surface area contributed by atoms with Crippen molar-refractivity contribution in [1.82, 2.24) is 0 Å². The van der Waals surface area contributed by atoms with E-state index in [2.05, 4.69) is 225 Å². The molecule has 2 nitrogen and oxygen atoms in total. The summed E-state index contributed by atoms with van der Waals surface area (Å²) in [4.78, 5) is 5.28. The molecule has 342 valence electrons. The van der Waals surface area contributed by atoms with E-state index in [-0.39, 0.29) is 23.0 Å². The molecule has 3 aliphatic rings. The first kappa shape index (κ1) is 44.7. The molecule has 1 saturated carbocycles. The molecule has 4 heteroatoms. The smallest absolute Gasteiger partial charge is 0.264 e. The molecule has 2 aliphatic heterocycles. The summed E-state index contributed by atoms with van der Waals surface area (Å²) in [6.45, 7) is 25.5. The van der Waals surface area contributed by atoms with Crippen LogP contribution in [-0.2, 0) is 16.2 Å². The lowest BCUT2D eigenvalue weighted by molar-refractivity contribution is 0.444. The number of anilines is 6. The minimum atomic E-state index is -0.0181. The van der Waals surface area contributed by atoms with Crippen LogP contribution >= 0.6 is 11.3 Å². The minimum Gasteiger partial charge on any atom is -0.311 e. The van der Waals surface area contributed by atoms with Crippen molar-refractivity contribution in [2.45, 2.75) is 130 Å². The van der Waals surface area contributed by atoms with E-state index in [1.165, 1.54) is 148 Å². The van der Waals surface area contributed by atoms with Gasteiger partial charge in [-0.1, -0.05) is 178 Å². The van der Waals surface area contributed by atoms with Crippen LogP contribution < -0.4 is 25.5 Å². The summed E-state index contributed by atoms with van der Waals surface area (Å²) in [5.74, 6) is 0.599. The van der Waals surface area contributed by atoms with Crippen LogP contribution in [-0.4, -0.2) is 6.71 Å². The lowest BCUT2D eigenvalue weighted by atomic mass is 9.36. The van der Waals surface area contributed by atoms with Crippen molar-refractivity contribution in [2.75, 3.05) is 9.80 Å². The fourth-order valence-corrected chi connectivity index (χ4v) is 12.9. The third-order valence-electron chi connectivity index (χ3n) is 15.4. The van der Waals surface area contributed by atoms with Gasteiger partial charge in [0.25, 0.3) is 6.71 Å². The maximum Gasteiger partial charge on any atom is 0.264 e. The van der Waals surface area contributed by atoms with Crippen LogP contribution in [0.25, 0.3) is 32.3 Å². The Labute approximate surface area is 411 Å². The predicted octanol–water partition coefficient (Wildman–Crippen LogP) is 16.9. The normalized spacial score (nSPS) is 15.1. The molecular formula is C64H67BN2S. The second-order valence-electron chi connectivity index (χ2n) is 23.5. The highest BCUT2D eigenvalue weighted by Gasteiger charge is 2.46. The van der Waals surface area contributed by atoms with E-state index in [0.29, 0.717) is 5.92 Å². The Bertz CT molecular complexity index is 3220. The van der Waals surface area contributed by atoms with Gasteiger partial charge in [-0.25, -0.2) is 0 Å². The fraction of sp³-hybridized carbons (Fsp3) is 0.312. The maximum absolute atomic E-state index is 2.70. The first-order chi connectivity index (χ1) is 32.4. The highest BCUT2D eigenvalue weighted by Crippen LogP contribution is 2.51. The number of aryl methyl sites for hydroxylation is 2. The van der Waals surface area contributed by atoms with Crippen molar-refractivity contribution < 1.29 is 0 Å². The molecule has 0 unspecified atom stereocenters. The van der Waals surface area contributed by atoms with Gasteiger partial charge >= 0.3 is 0 Å². The van der Waals surface area contributed by atoms with Gasteiger partial charge in [0.15, 0.2) is 0 Å². The fourth-order valence-electron chi connectivity index (χ4n) is 11.6. The number of hydrogen-bond donors (Lipinski definition) is 0. The molecule has 68 heavy (non-hydrogen) atoms. The van der Waals surface area contributed by atoms with Crippen LogP contribution in [0.1, 0.15) is 134 Å². The number of rotatable bonds is 5. The summed E-state index contributed by atoms with van der Waals surface area (Å²) in [5.41, 5.74) is 23.7. The average Bonchev–Trinajstić information content (AvgIpc) is 3.69. The van der Waals surface area contributed by atoms with E-state index < -0.39 is 0 Å². The number of nitrogens with zero attached hydrogens (tertiary/aromatic N) is 2. The summed E-state index contributed by atoms with van der Waals surface area (Å²) in [7, 11) is 0. The van der Waals surface area contributed by atoms with Gasteiger partial charge in [0.1, 0.15) is 0 Å². The van der Waals surface area contributed by atoms with Gasteiger partial charge < -0.3 is 9.80 Å². The van der Waals surface area contributed by atoms with Gasteiger partial charge in [-0.3, -0.25) is 0 Å². The molecule has 1 aliphatic carbocycles. The molecule has 0 bridgehead atoms. The van der Waals surface area contributed by atoms with Crippen LogP contribution in [0, 0.1) is 13.8 Å². The summed E-state index contributed by atoms with van der Waals surface area (Å²) in [6.07, 6.45) is 6.53. The first-order valence-corrected chi connectivity index (χ1v) is 26.1. The van der Waals surface area contributed by atoms with Gasteiger partial charge in [0.2, 0.25) is 0 Å². The van der Waals surface area contributed by atoms with Gasteiger partial charge in [-0.2, -0.15) is 0 Å². The van der Waals surface area contributed by atoms with Crippen LogP contribution in [0.4, 0.5) is 34.1 Å². The molecule has 0 spiro atoms. The van der Waals surface area contributed by atoms with E-state index in [4.69, 9.17) is 0 Å². The molecule has 1 aromatic heterocycles. The Morgan fingerprint density at radius 1 is 0.500 bits per heavy atom. The largest absolute Gasteiger partial charge is 0.311 e. The Hall–Kier alpha value is -5.84. The first-order valence-electron chi connectivity index (χ1n) is 25.3. The van der Waals surface area contributed by atoms with Crippen molar-refractivity contribution in [3.63, 3.8) is 0 Å². The van der Waals surface area contributed by atoms with E-state index in [9.17, 15) is 0 Å². The Balaban J connectivity index is 1.17. The summed E-state index contributed by atoms with van der Waals surface area (Å²) < 4.78 is 2.77. The van der Waals surface area contributed by atoms with Gasteiger partial charge in [0.05, 0.1) is 11.4 Å². The van der Waals surface area contributed by atoms with Crippen molar-refractivity contribution in [1.29, 1.82) is 0 Å². The number of benzene rings is 7. The average molecular weight is 907 g/mol. The van der Waals surface area contributed by atoms with Crippen LogP contribution in [0.3, 0.4) is 0 Å². The van der Waals surface area contributed by atoms with E-state index in [0.717, 1.165) is 0 Å². The van der Waals surface area contributed by atoms with Crippen molar-refractivity contribution in [3.8, 4) is 22.3 Å². The standard InChI is InChI=1S/C64H67BN2S/c1-40-34-41(2)36-46(35-40)51-37-45(42-16-13-12-14-17-42)24-32-54(51)67-56-19-15-18-55-59(56)65(61-60(67)52-38-48(63(6,7)8)28-33-58(52)68-61)53-31-27-49(64(9,10)11)39-57(53)66(55)50-29-22-44(23-30-50)43-20-25-47(26-21-43)62(3,4)5/h15,18-39,42H,12-14,16-17H2,1-11H3. The van der Waals surface area contributed by atoms with Crippen LogP contribution in [0.2, 0.25) is 0 Å². The monoisotopic (exact) mass is 907 g/mol. The highest BCUT2D eigenvalue weighted by molar-refractivity contribution is 7.33. The topological polar surface area (TPSA) is 6.48 Å². The molecule has 8 aromatic rings. The zero-order chi connectivity index (χ0) is 47.4. The molecule has 0 saturated heterocycles. The molecule has 0 atom stereocenters. The molecular weight excluding hydrogens is 840 g/mol.